The van der Waals surface area contributed by atoms with Crippen molar-refractivity contribution in [3.8, 4) is 5.75 Å². The molecule has 0 saturated carbocycles. The summed E-state index contributed by atoms with van der Waals surface area (Å²) < 4.78 is 11.0. The molecule has 0 radical (unpaired) electrons. The molecule has 2 heterocycles. The van der Waals surface area contributed by atoms with Crippen LogP contribution in [0.15, 0.2) is 70.3 Å². The number of aryl methyl sites for hydroxylation is 2. The van der Waals surface area contributed by atoms with Crippen LogP contribution in [0.2, 0.25) is 0 Å². The van der Waals surface area contributed by atoms with E-state index >= 15 is 0 Å². The molecule has 0 aromatic heterocycles. The summed E-state index contributed by atoms with van der Waals surface area (Å²) in [4.78, 5) is 31.6. The number of rotatable bonds is 7. The molecule has 0 fully saturated rings. The number of benzene rings is 2. The third-order valence-electron chi connectivity index (χ3n) is 5.39. The molecule has 34 heavy (non-hydrogen) atoms. The first-order chi connectivity index (χ1) is 16.4. The van der Waals surface area contributed by atoms with Gasteiger partial charge in [-0.15, -0.1) is 0 Å². The first-order valence-corrected chi connectivity index (χ1v) is 11.9. The number of esters is 1. The highest BCUT2D eigenvalue weighted by atomic mass is 32.2. The largest absolute Gasteiger partial charge is 0.484 e. The molecule has 2 aliphatic rings. The number of anilines is 1. The molecule has 4 rings (SSSR count). The zero-order valence-electron chi connectivity index (χ0n) is 19.6. The minimum Gasteiger partial charge on any atom is -0.484 e. The predicted octanol–water partition coefficient (Wildman–Crippen LogP) is 5.09. The van der Waals surface area contributed by atoms with E-state index in [9.17, 15) is 9.59 Å². The molecule has 0 aliphatic carbocycles. The monoisotopic (exact) mass is 477 g/mol. The number of hydrogen-bond acceptors (Lipinski definition) is 7. The number of aliphatic imine (C=N–C) groups is 1. The summed E-state index contributed by atoms with van der Waals surface area (Å²) >= 11 is 1.51. The van der Waals surface area contributed by atoms with E-state index in [1.807, 2.05) is 61.5 Å². The van der Waals surface area contributed by atoms with E-state index in [4.69, 9.17) is 9.47 Å². The molecular weight excluding hydrogens is 450 g/mol. The van der Waals surface area contributed by atoms with Crippen LogP contribution in [-0.4, -0.2) is 35.2 Å². The van der Waals surface area contributed by atoms with Crippen molar-refractivity contribution in [1.82, 2.24) is 4.90 Å². The smallest absolute Gasteiger partial charge is 0.338 e. The first-order valence-electron chi connectivity index (χ1n) is 11.0. The van der Waals surface area contributed by atoms with Gasteiger partial charge in [0.15, 0.2) is 11.8 Å². The fourth-order valence-corrected chi connectivity index (χ4v) is 4.83. The van der Waals surface area contributed by atoms with Crippen molar-refractivity contribution >= 4 is 34.5 Å². The fourth-order valence-electron chi connectivity index (χ4n) is 4.04. The number of carbonyl (C=O) groups excluding carboxylic acids is 2. The predicted molar refractivity (Wildman–Crippen MR) is 135 cm³/mol. The minimum absolute atomic E-state index is 0.106. The van der Waals surface area contributed by atoms with Crippen LogP contribution in [-0.2, 0) is 14.3 Å². The maximum atomic E-state index is 12.7. The van der Waals surface area contributed by atoms with Gasteiger partial charge in [-0.2, -0.15) is 0 Å². The van der Waals surface area contributed by atoms with Crippen LogP contribution in [0.25, 0.3) is 0 Å². The lowest BCUT2D eigenvalue weighted by atomic mass is 9.95. The zero-order chi connectivity index (χ0) is 24.2. The second-order valence-corrected chi connectivity index (χ2v) is 8.98. The third-order valence-corrected chi connectivity index (χ3v) is 6.16. The lowest BCUT2D eigenvalue weighted by Crippen LogP contribution is -2.34. The topological polar surface area (TPSA) is 80.2 Å². The summed E-state index contributed by atoms with van der Waals surface area (Å²) in [5.74, 6) is -0.0418. The molecule has 176 valence electrons. The molecule has 2 aromatic carbocycles. The Bertz CT molecular complexity index is 1180. The molecule has 0 saturated heterocycles. The van der Waals surface area contributed by atoms with Gasteiger partial charge in [0, 0.05) is 11.9 Å². The Balaban J connectivity index is 1.46. The Labute approximate surface area is 203 Å². The normalized spacial score (nSPS) is 16.8. The van der Waals surface area contributed by atoms with Crippen molar-refractivity contribution < 1.29 is 19.1 Å². The van der Waals surface area contributed by atoms with Crippen molar-refractivity contribution in [3.63, 3.8) is 0 Å². The Morgan fingerprint density at radius 3 is 2.47 bits per heavy atom. The number of amidine groups is 1. The summed E-state index contributed by atoms with van der Waals surface area (Å²) in [6.07, 6.45) is 1.92. The quantitative estimate of drug-likeness (QED) is 0.560. The lowest BCUT2D eigenvalue weighted by molar-refractivity contribution is -0.139. The number of nitrogens with one attached hydrogen (secondary N) is 1. The number of carbonyl (C=O) groups is 2. The number of nitrogens with zero attached hydrogens (tertiary/aromatic N) is 2. The van der Waals surface area contributed by atoms with E-state index in [1.165, 1.54) is 11.8 Å². The van der Waals surface area contributed by atoms with Gasteiger partial charge >= 0.3 is 5.97 Å². The molecule has 8 heteroatoms. The lowest BCUT2D eigenvalue weighted by Gasteiger charge is -2.33. The zero-order valence-corrected chi connectivity index (χ0v) is 20.4. The Morgan fingerprint density at radius 2 is 1.79 bits per heavy atom. The molecule has 0 spiro atoms. The second kappa shape index (κ2) is 10.2. The van der Waals surface area contributed by atoms with Gasteiger partial charge in [-0.05, 0) is 74.1 Å². The summed E-state index contributed by atoms with van der Waals surface area (Å²) in [7, 11) is 0. The van der Waals surface area contributed by atoms with E-state index in [0.29, 0.717) is 23.6 Å². The molecule has 1 atom stereocenters. The molecule has 1 amide bonds. The maximum absolute atomic E-state index is 12.7. The number of hydrogen-bond donors (Lipinski definition) is 1. The van der Waals surface area contributed by atoms with Crippen molar-refractivity contribution in [2.45, 2.75) is 33.7 Å². The average molecular weight is 478 g/mol. The molecule has 7 nitrogen and oxygen atoms in total. The highest BCUT2D eigenvalue weighted by Crippen LogP contribution is 2.41. The summed E-state index contributed by atoms with van der Waals surface area (Å²) in [5.41, 5.74) is 4.98. The second-order valence-electron chi connectivity index (χ2n) is 8.11. The molecule has 2 aromatic rings. The van der Waals surface area contributed by atoms with Crippen molar-refractivity contribution in [2.75, 3.05) is 18.5 Å². The Hall–Kier alpha value is -3.52. The fraction of sp³-hybridized carbons (Fsp3) is 0.269. The minimum atomic E-state index is -0.374. The summed E-state index contributed by atoms with van der Waals surface area (Å²) in [6, 6.07) is 12.9. The van der Waals surface area contributed by atoms with Crippen LogP contribution in [0.4, 0.5) is 5.69 Å². The van der Waals surface area contributed by atoms with E-state index in [1.54, 1.807) is 19.1 Å². The molecule has 1 N–H and O–H groups in total. The number of allylic oxidation sites excluding steroid dienone is 1. The molecular formula is C26H27N3O4S. The van der Waals surface area contributed by atoms with Crippen LogP contribution in [0.5, 0.6) is 5.75 Å². The number of ether oxygens (including phenoxy) is 2. The number of amides is 1. The van der Waals surface area contributed by atoms with Gasteiger partial charge in [0.25, 0.3) is 5.91 Å². The SMILES string of the molecule is CCOC(=O)C1=C(C)N=C2SC=CN2[C@H]1c1ccc(OCC(=O)Nc2cc(C)cc(C)c2)cc1. The number of fused-ring (bicyclic) bond motifs is 1. The van der Waals surface area contributed by atoms with Crippen LogP contribution < -0.4 is 10.1 Å². The summed E-state index contributed by atoms with van der Waals surface area (Å²) in [6.45, 7) is 7.78. The highest BCUT2D eigenvalue weighted by Gasteiger charge is 2.37. The standard InChI is InChI=1S/C26H27N3O4S/c1-5-32-25(31)23-18(4)27-26-29(10-11-34-26)24(23)19-6-8-21(9-7-19)33-15-22(30)28-20-13-16(2)12-17(3)14-20/h6-14,24H,5,15H2,1-4H3,(H,28,30)/t24-/m0/s1. The summed E-state index contributed by atoms with van der Waals surface area (Å²) in [5, 5.41) is 5.63. The van der Waals surface area contributed by atoms with Gasteiger partial charge in [0.2, 0.25) is 0 Å². The highest BCUT2D eigenvalue weighted by molar-refractivity contribution is 8.16. The van der Waals surface area contributed by atoms with E-state index in [2.05, 4.69) is 16.4 Å². The van der Waals surface area contributed by atoms with Crippen molar-refractivity contribution in [3.05, 3.63) is 82.0 Å². The van der Waals surface area contributed by atoms with Crippen LogP contribution >= 0.6 is 11.8 Å². The first kappa shape index (κ1) is 23.6. The van der Waals surface area contributed by atoms with Crippen molar-refractivity contribution in [1.29, 1.82) is 0 Å². The van der Waals surface area contributed by atoms with Gasteiger partial charge in [-0.25, -0.2) is 9.79 Å². The number of thioether (sulfide) groups is 1. The van der Waals surface area contributed by atoms with Gasteiger partial charge < -0.3 is 19.7 Å². The van der Waals surface area contributed by atoms with E-state index in [-0.39, 0.29) is 24.5 Å². The van der Waals surface area contributed by atoms with Gasteiger partial charge in [0.1, 0.15) is 5.75 Å². The average Bonchev–Trinajstić information content (AvgIpc) is 3.24. The Kier molecular flexibility index (Phi) is 7.07. The van der Waals surface area contributed by atoms with E-state index < -0.39 is 0 Å². The molecule has 2 aliphatic heterocycles. The van der Waals surface area contributed by atoms with Crippen molar-refractivity contribution in [2.24, 2.45) is 4.99 Å². The third kappa shape index (κ3) is 5.17. The van der Waals surface area contributed by atoms with Gasteiger partial charge in [0.05, 0.1) is 23.9 Å². The Morgan fingerprint density at radius 1 is 1.09 bits per heavy atom. The van der Waals surface area contributed by atoms with Gasteiger partial charge in [-0.3, -0.25) is 4.79 Å². The van der Waals surface area contributed by atoms with Gasteiger partial charge in [-0.1, -0.05) is 30.0 Å². The molecule has 0 unspecified atom stereocenters. The van der Waals surface area contributed by atoms with E-state index in [0.717, 1.165) is 27.5 Å². The molecule has 0 bridgehead atoms. The van der Waals surface area contributed by atoms with Crippen LogP contribution in [0.3, 0.4) is 0 Å². The maximum Gasteiger partial charge on any atom is 0.338 e. The van der Waals surface area contributed by atoms with Crippen LogP contribution in [0, 0.1) is 13.8 Å². The van der Waals surface area contributed by atoms with Crippen LogP contribution in [0.1, 0.15) is 36.6 Å².